The third-order valence-corrected chi connectivity index (χ3v) is 6.22. The minimum Gasteiger partial charge on any atom is -0.439 e. The Morgan fingerprint density at radius 2 is 1.44 bits per heavy atom. The van der Waals surface area contributed by atoms with Gasteiger partial charge in [-0.05, 0) is 60.9 Å². The van der Waals surface area contributed by atoms with E-state index in [1.807, 2.05) is 19.1 Å². The first-order valence-electron chi connectivity index (χ1n) is 9.68. The van der Waals surface area contributed by atoms with Gasteiger partial charge in [0, 0.05) is 11.0 Å². The minimum absolute atomic E-state index is 0.0142. The van der Waals surface area contributed by atoms with Crippen molar-refractivity contribution >= 4 is 33.2 Å². The van der Waals surface area contributed by atoms with Gasteiger partial charge in [0.25, 0.3) is 0 Å². The third kappa shape index (κ3) is 7.88. The molecule has 0 fully saturated rings. The Labute approximate surface area is 200 Å². The van der Waals surface area contributed by atoms with E-state index in [0.717, 1.165) is 51.4 Å². The summed E-state index contributed by atoms with van der Waals surface area (Å²) in [4.78, 5) is 4.72. The number of benzene rings is 3. The number of ether oxygens (including phenoxy) is 1. The van der Waals surface area contributed by atoms with Gasteiger partial charge >= 0.3 is 12.4 Å². The molecule has 0 heterocycles. The number of hydrogen-bond acceptors (Lipinski definition) is 4. The van der Waals surface area contributed by atoms with Crippen LogP contribution >= 0.6 is 21.6 Å². The summed E-state index contributed by atoms with van der Waals surface area (Å²) in [6.45, 7) is 1.90. The maximum atomic E-state index is 13.0. The predicted molar refractivity (Wildman–Crippen MR) is 124 cm³/mol. The zero-order chi connectivity index (χ0) is 24.8. The van der Waals surface area contributed by atoms with Crippen LogP contribution in [0.1, 0.15) is 16.7 Å². The van der Waals surface area contributed by atoms with Crippen molar-refractivity contribution in [1.82, 2.24) is 0 Å². The van der Waals surface area contributed by atoms with Gasteiger partial charge in [-0.1, -0.05) is 51.4 Å². The van der Waals surface area contributed by atoms with Gasteiger partial charge in [-0.15, -0.1) is 0 Å². The monoisotopic (exact) mass is 513 g/mol. The fourth-order valence-electron chi connectivity index (χ4n) is 2.59. The van der Waals surface area contributed by atoms with Crippen molar-refractivity contribution in [1.29, 1.82) is 0 Å². The van der Waals surface area contributed by atoms with E-state index in [2.05, 4.69) is 4.99 Å². The lowest BCUT2D eigenvalue weighted by atomic mass is 10.2. The van der Waals surface area contributed by atoms with E-state index in [4.69, 9.17) is 4.74 Å². The topological polar surface area (TPSA) is 21.6 Å². The number of hydrogen-bond donors (Lipinski definition) is 0. The number of nitrogens with zero attached hydrogens (tertiary/aromatic N) is 1. The summed E-state index contributed by atoms with van der Waals surface area (Å²) in [5, 5.41) is 1.53. The molecule has 3 rings (SSSR count). The van der Waals surface area contributed by atoms with Crippen LogP contribution in [0.15, 0.2) is 94.2 Å². The van der Waals surface area contributed by atoms with Crippen LogP contribution in [0.3, 0.4) is 0 Å². The predicted octanol–water partition coefficient (Wildman–Crippen LogP) is 9.10. The van der Waals surface area contributed by atoms with E-state index >= 15 is 0 Å². The lowest BCUT2D eigenvalue weighted by molar-refractivity contribution is -0.138. The Hall–Kier alpha value is -2.85. The number of alkyl halides is 6. The van der Waals surface area contributed by atoms with Crippen LogP contribution in [0.25, 0.3) is 0 Å². The Morgan fingerprint density at radius 3 is 2.09 bits per heavy atom. The summed E-state index contributed by atoms with van der Waals surface area (Å²) in [5.74, 6) is -0.0406. The molecule has 34 heavy (non-hydrogen) atoms. The van der Waals surface area contributed by atoms with Crippen molar-refractivity contribution < 1.29 is 31.1 Å². The zero-order valence-corrected chi connectivity index (χ0v) is 19.2. The molecule has 0 aliphatic heterocycles. The van der Waals surface area contributed by atoms with Crippen LogP contribution in [-0.2, 0) is 12.4 Å². The molecule has 0 saturated heterocycles. The molecule has 0 radical (unpaired) electrons. The Kier molecular flexibility index (Phi) is 8.37. The van der Waals surface area contributed by atoms with Gasteiger partial charge in [-0.2, -0.15) is 26.3 Å². The molecule has 0 N–H and O–H groups in total. The maximum Gasteiger partial charge on any atom is 0.416 e. The molecule has 0 saturated carbocycles. The van der Waals surface area contributed by atoms with Crippen LogP contribution < -0.4 is 4.74 Å². The van der Waals surface area contributed by atoms with Gasteiger partial charge in [-0.3, -0.25) is 0 Å². The second kappa shape index (κ2) is 11.1. The average molecular weight is 514 g/mol. The van der Waals surface area contributed by atoms with Crippen molar-refractivity contribution in [2.24, 2.45) is 4.99 Å². The number of aliphatic imine (C=N–C) groups is 1. The van der Waals surface area contributed by atoms with Crippen molar-refractivity contribution in [3.05, 3.63) is 101 Å². The van der Waals surface area contributed by atoms with E-state index in [-0.39, 0.29) is 11.6 Å². The van der Waals surface area contributed by atoms with E-state index in [0.29, 0.717) is 10.6 Å². The number of aryl methyl sites for hydroxylation is 1. The summed E-state index contributed by atoms with van der Waals surface area (Å²) < 4.78 is 83.3. The van der Waals surface area contributed by atoms with Crippen LogP contribution in [0.4, 0.5) is 32.0 Å². The van der Waals surface area contributed by atoms with Crippen LogP contribution in [0.2, 0.25) is 0 Å². The summed E-state index contributed by atoms with van der Waals surface area (Å²) in [6.07, 6.45) is -7.53. The summed E-state index contributed by atoms with van der Waals surface area (Å²) >= 11 is 0. The van der Waals surface area contributed by atoms with Gasteiger partial charge in [-0.25, -0.2) is 4.99 Å². The molecule has 3 aromatic rings. The van der Waals surface area contributed by atoms with Crippen molar-refractivity contribution in [2.45, 2.75) is 24.2 Å². The molecule has 0 bridgehead atoms. The molecule has 0 spiro atoms. The quantitative estimate of drug-likeness (QED) is 0.142. The summed E-state index contributed by atoms with van der Waals surface area (Å²) in [5.41, 5.74) is -0.0923. The van der Waals surface area contributed by atoms with Gasteiger partial charge < -0.3 is 4.74 Å². The summed E-state index contributed by atoms with van der Waals surface area (Å²) in [7, 11) is 2.20. The highest BCUT2D eigenvalue weighted by atomic mass is 33.1. The van der Waals surface area contributed by atoms with Crippen LogP contribution in [0, 0.1) is 6.92 Å². The number of halogens is 6. The second-order valence-corrected chi connectivity index (χ2v) is 9.10. The van der Waals surface area contributed by atoms with E-state index < -0.39 is 23.5 Å². The van der Waals surface area contributed by atoms with E-state index in [9.17, 15) is 26.3 Å². The molecule has 0 aliphatic carbocycles. The molecular weight excluding hydrogens is 496 g/mol. The smallest absolute Gasteiger partial charge is 0.416 e. The second-order valence-electron chi connectivity index (χ2n) is 6.92. The minimum atomic E-state index is -4.53. The fourth-order valence-corrected chi connectivity index (χ4v) is 4.22. The van der Waals surface area contributed by atoms with Crippen LogP contribution in [0.5, 0.6) is 5.75 Å². The molecule has 3 aromatic carbocycles. The van der Waals surface area contributed by atoms with Gasteiger partial charge in [0.15, 0.2) is 0 Å². The van der Waals surface area contributed by atoms with Crippen LogP contribution in [-0.4, -0.2) is 5.90 Å². The van der Waals surface area contributed by atoms with Gasteiger partial charge in [0.2, 0.25) is 5.90 Å². The van der Waals surface area contributed by atoms with Gasteiger partial charge in [0.1, 0.15) is 5.75 Å². The SMILES string of the molecule is Cc1ccc(N=C(/C=C/SSc2cccc(C(F)(F)F)c2)Oc2cccc(C(F)(F)F)c2)cc1. The Morgan fingerprint density at radius 1 is 0.824 bits per heavy atom. The first-order valence-corrected chi connectivity index (χ1v) is 11.9. The molecule has 2 nitrogen and oxygen atoms in total. The molecule has 0 amide bonds. The normalized spacial score (nSPS) is 12.9. The Bertz CT molecular complexity index is 1170. The standard InChI is InChI=1S/C24H17F6NOS2/c1-16-8-10-19(11-9-16)31-22(32-20-6-2-4-17(14-20)23(25,26)27)12-13-33-34-21-7-3-5-18(15-21)24(28,29)30/h2-15H,1H3/b13-12+,31-22?. The van der Waals surface area contributed by atoms with E-state index in [1.54, 1.807) is 18.2 Å². The third-order valence-electron chi connectivity index (χ3n) is 4.23. The van der Waals surface area contributed by atoms with Crippen molar-refractivity contribution in [3.63, 3.8) is 0 Å². The lowest BCUT2D eigenvalue weighted by Gasteiger charge is -2.10. The lowest BCUT2D eigenvalue weighted by Crippen LogP contribution is -2.08. The largest absolute Gasteiger partial charge is 0.439 e. The zero-order valence-electron chi connectivity index (χ0n) is 17.5. The molecule has 0 aliphatic rings. The first-order chi connectivity index (χ1) is 16.0. The molecule has 178 valence electrons. The maximum absolute atomic E-state index is 13.0. The average Bonchev–Trinajstić information content (AvgIpc) is 2.77. The fraction of sp³-hybridized carbons (Fsp3) is 0.125. The highest BCUT2D eigenvalue weighted by molar-refractivity contribution is 8.77. The highest BCUT2D eigenvalue weighted by Crippen LogP contribution is 2.36. The molecule has 0 unspecified atom stereocenters. The molecule has 0 atom stereocenters. The summed E-state index contributed by atoms with van der Waals surface area (Å²) in [6, 6.07) is 16.4. The molecule has 10 heteroatoms. The molecule has 0 aromatic heterocycles. The highest BCUT2D eigenvalue weighted by Gasteiger charge is 2.31. The number of rotatable bonds is 6. The molecular formula is C24H17F6NOS2. The van der Waals surface area contributed by atoms with Crippen molar-refractivity contribution in [3.8, 4) is 5.75 Å². The van der Waals surface area contributed by atoms with E-state index in [1.165, 1.54) is 29.7 Å². The van der Waals surface area contributed by atoms with Gasteiger partial charge in [0.05, 0.1) is 16.8 Å². The van der Waals surface area contributed by atoms with Crippen molar-refractivity contribution in [2.75, 3.05) is 0 Å². The Balaban J connectivity index is 1.78. The first kappa shape index (κ1) is 25.8.